The minimum Gasteiger partial charge on any atom is -0.327 e. The topological polar surface area (TPSA) is 60.9 Å². The Balaban J connectivity index is 2.01. The maximum Gasteiger partial charge on any atom is 0.140 e. The molecule has 4 nitrogen and oxygen atoms in total. The molecule has 5 heteroatoms. The van der Waals surface area contributed by atoms with Crippen LogP contribution in [0.3, 0.4) is 0 Å². The Morgan fingerprint density at radius 3 is 2.83 bits per heavy atom. The number of hydrogen-bond acceptors (Lipinski definition) is 3. The Labute approximate surface area is 112 Å². The van der Waals surface area contributed by atoms with Crippen LogP contribution in [0.4, 0.5) is 0 Å². The van der Waals surface area contributed by atoms with Crippen LogP contribution in [0.25, 0.3) is 0 Å². The van der Waals surface area contributed by atoms with Gasteiger partial charge in [0, 0.05) is 25.4 Å². The van der Waals surface area contributed by atoms with E-state index in [-0.39, 0.29) is 11.8 Å². The van der Waals surface area contributed by atoms with Gasteiger partial charge in [-0.15, -0.1) is 0 Å². The van der Waals surface area contributed by atoms with Crippen molar-refractivity contribution in [1.82, 2.24) is 9.78 Å². The molecule has 2 N–H and O–H groups in total. The van der Waals surface area contributed by atoms with Crippen molar-refractivity contribution in [3.8, 4) is 0 Å². The number of ketones is 1. The molecule has 0 bridgehead atoms. The first-order valence-electron chi connectivity index (χ1n) is 6.52. The third kappa shape index (κ3) is 2.93. The van der Waals surface area contributed by atoms with E-state index >= 15 is 0 Å². The zero-order chi connectivity index (χ0) is 13.3. The van der Waals surface area contributed by atoms with Gasteiger partial charge in [-0.1, -0.05) is 11.6 Å². The first-order valence-corrected chi connectivity index (χ1v) is 6.89. The van der Waals surface area contributed by atoms with Crippen LogP contribution in [-0.4, -0.2) is 21.6 Å². The molecule has 18 heavy (non-hydrogen) atoms. The van der Waals surface area contributed by atoms with Crippen molar-refractivity contribution in [2.75, 3.05) is 0 Å². The first-order chi connectivity index (χ1) is 8.52. The van der Waals surface area contributed by atoms with Gasteiger partial charge in [0.25, 0.3) is 0 Å². The van der Waals surface area contributed by atoms with Crippen molar-refractivity contribution in [1.29, 1.82) is 0 Å². The number of carbonyl (C=O) groups excluding carboxylic acids is 1. The second-order valence-electron chi connectivity index (χ2n) is 5.08. The third-order valence-corrected chi connectivity index (χ3v) is 4.00. The molecule has 1 fully saturated rings. The number of rotatable bonds is 6. The molecular formula is C13H20ClN3O. The molecule has 1 saturated carbocycles. The van der Waals surface area contributed by atoms with Crippen molar-refractivity contribution < 1.29 is 4.79 Å². The highest BCUT2D eigenvalue weighted by Gasteiger charge is 2.30. The van der Waals surface area contributed by atoms with Crippen LogP contribution in [0, 0.1) is 12.8 Å². The molecule has 100 valence electrons. The van der Waals surface area contributed by atoms with E-state index in [4.69, 9.17) is 17.3 Å². The number of nitrogens with two attached hydrogens (primary N) is 1. The molecule has 1 heterocycles. The predicted molar refractivity (Wildman–Crippen MR) is 71.7 cm³/mol. The zero-order valence-corrected chi connectivity index (χ0v) is 11.7. The molecule has 1 aromatic rings. The van der Waals surface area contributed by atoms with Crippen molar-refractivity contribution in [3.63, 3.8) is 0 Å². The fraction of sp³-hybridized carbons (Fsp3) is 0.692. The summed E-state index contributed by atoms with van der Waals surface area (Å²) in [5.41, 5.74) is 7.58. The highest BCUT2D eigenvalue weighted by molar-refractivity contribution is 6.32. The van der Waals surface area contributed by atoms with Gasteiger partial charge in [0.15, 0.2) is 0 Å². The summed E-state index contributed by atoms with van der Waals surface area (Å²) in [6.45, 7) is 4.58. The summed E-state index contributed by atoms with van der Waals surface area (Å²) in [6, 6.07) is 0.0235. The van der Waals surface area contributed by atoms with Crippen LogP contribution >= 0.6 is 11.6 Å². The van der Waals surface area contributed by atoms with Crippen LogP contribution in [0.15, 0.2) is 0 Å². The van der Waals surface area contributed by atoms with Gasteiger partial charge < -0.3 is 5.73 Å². The molecule has 0 aliphatic heterocycles. The summed E-state index contributed by atoms with van der Waals surface area (Å²) in [7, 11) is 0. The van der Waals surface area contributed by atoms with Gasteiger partial charge >= 0.3 is 0 Å². The van der Waals surface area contributed by atoms with Gasteiger partial charge in [0.1, 0.15) is 5.78 Å². The molecule has 1 atom stereocenters. The van der Waals surface area contributed by atoms with Gasteiger partial charge in [-0.2, -0.15) is 5.10 Å². The molecule has 1 aliphatic rings. The van der Waals surface area contributed by atoms with E-state index < -0.39 is 0 Å². The lowest BCUT2D eigenvalue weighted by molar-refractivity contribution is -0.118. The molecule has 0 spiro atoms. The van der Waals surface area contributed by atoms with Crippen molar-refractivity contribution in [3.05, 3.63) is 16.4 Å². The van der Waals surface area contributed by atoms with E-state index in [0.717, 1.165) is 17.9 Å². The standard InChI is InChI=1S/C13H20ClN3O/c1-3-17-12(13(14)8(2)16-17)7-10(18)6-11(15)9-4-5-9/h9,11H,3-7,15H2,1-2H3. The SMILES string of the molecule is CCn1nc(C)c(Cl)c1CC(=O)CC(N)C1CC1. The minimum absolute atomic E-state index is 0.0235. The summed E-state index contributed by atoms with van der Waals surface area (Å²) in [5.74, 6) is 0.716. The van der Waals surface area contributed by atoms with Gasteiger partial charge in [0.05, 0.1) is 16.4 Å². The maximum absolute atomic E-state index is 12.0. The average Bonchev–Trinajstić information content (AvgIpc) is 3.12. The Hall–Kier alpha value is -0.870. The quantitative estimate of drug-likeness (QED) is 0.860. The monoisotopic (exact) mass is 269 g/mol. The minimum atomic E-state index is 0.0235. The molecular weight excluding hydrogens is 250 g/mol. The van der Waals surface area contributed by atoms with Crippen LogP contribution in [-0.2, 0) is 17.8 Å². The number of aromatic nitrogens is 2. The van der Waals surface area contributed by atoms with Gasteiger partial charge in [-0.05, 0) is 32.6 Å². The maximum atomic E-state index is 12.0. The van der Waals surface area contributed by atoms with E-state index in [0.29, 0.717) is 23.8 Å². The van der Waals surface area contributed by atoms with E-state index in [1.807, 2.05) is 13.8 Å². The lowest BCUT2D eigenvalue weighted by Gasteiger charge is -2.09. The summed E-state index contributed by atoms with van der Waals surface area (Å²) >= 11 is 6.18. The van der Waals surface area contributed by atoms with E-state index in [9.17, 15) is 4.79 Å². The predicted octanol–water partition coefficient (Wildman–Crippen LogP) is 2.10. The number of nitrogens with zero attached hydrogens (tertiary/aromatic N) is 2. The van der Waals surface area contributed by atoms with E-state index in [1.165, 1.54) is 12.8 Å². The van der Waals surface area contributed by atoms with Gasteiger partial charge in [-0.25, -0.2) is 0 Å². The Morgan fingerprint density at radius 2 is 2.28 bits per heavy atom. The Morgan fingerprint density at radius 1 is 1.61 bits per heavy atom. The summed E-state index contributed by atoms with van der Waals surface area (Å²) < 4.78 is 1.80. The van der Waals surface area contributed by atoms with E-state index in [2.05, 4.69) is 5.10 Å². The van der Waals surface area contributed by atoms with Crippen LogP contribution < -0.4 is 5.73 Å². The fourth-order valence-corrected chi connectivity index (χ4v) is 2.45. The number of aryl methyl sites for hydroxylation is 2. The average molecular weight is 270 g/mol. The third-order valence-electron chi connectivity index (χ3n) is 3.51. The lowest BCUT2D eigenvalue weighted by Crippen LogP contribution is -2.27. The summed E-state index contributed by atoms with van der Waals surface area (Å²) in [5, 5.41) is 4.93. The van der Waals surface area contributed by atoms with Crippen LogP contribution in [0.5, 0.6) is 0 Å². The lowest BCUT2D eigenvalue weighted by atomic mass is 10.0. The Bertz CT molecular complexity index is 451. The Kier molecular flexibility index (Phi) is 4.07. The van der Waals surface area contributed by atoms with Crippen molar-refractivity contribution >= 4 is 17.4 Å². The highest BCUT2D eigenvalue weighted by Crippen LogP contribution is 2.33. The molecule has 1 unspecified atom stereocenters. The van der Waals surface area contributed by atoms with Gasteiger partial charge in [0.2, 0.25) is 0 Å². The molecule has 2 rings (SSSR count). The van der Waals surface area contributed by atoms with Crippen molar-refractivity contribution in [2.24, 2.45) is 11.7 Å². The van der Waals surface area contributed by atoms with Crippen LogP contribution in [0.1, 0.15) is 37.6 Å². The largest absolute Gasteiger partial charge is 0.327 e. The molecule has 1 aliphatic carbocycles. The summed E-state index contributed by atoms with van der Waals surface area (Å²) in [6.07, 6.45) is 3.13. The second-order valence-corrected chi connectivity index (χ2v) is 5.46. The van der Waals surface area contributed by atoms with Gasteiger partial charge in [-0.3, -0.25) is 9.48 Å². The normalized spacial score (nSPS) is 16.9. The summed E-state index contributed by atoms with van der Waals surface area (Å²) in [4.78, 5) is 12.0. The highest BCUT2D eigenvalue weighted by atomic mass is 35.5. The smallest absolute Gasteiger partial charge is 0.140 e. The van der Waals surface area contributed by atoms with Crippen molar-refractivity contribution in [2.45, 2.75) is 52.1 Å². The van der Waals surface area contributed by atoms with E-state index in [1.54, 1.807) is 4.68 Å². The molecule has 0 saturated heterocycles. The number of carbonyl (C=O) groups is 1. The molecule has 0 amide bonds. The number of halogens is 1. The molecule has 0 aromatic carbocycles. The zero-order valence-electron chi connectivity index (χ0n) is 10.9. The first kappa shape index (κ1) is 13.6. The van der Waals surface area contributed by atoms with Crippen LogP contribution in [0.2, 0.25) is 5.02 Å². The molecule has 0 radical (unpaired) electrons. The second kappa shape index (κ2) is 5.41. The molecule has 1 aromatic heterocycles. The fourth-order valence-electron chi connectivity index (χ4n) is 2.25. The number of Topliss-reactive ketones (excluding diaryl/α,β-unsaturated/α-hetero) is 1. The number of hydrogen-bond donors (Lipinski definition) is 1.